The molecule has 5 fully saturated rings. The van der Waals surface area contributed by atoms with Crippen LogP contribution >= 0.6 is 0 Å². The lowest BCUT2D eigenvalue weighted by molar-refractivity contribution is -0.406. The van der Waals surface area contributed by atoms with Crippen molar-refractivity contribution in [1.29, 1.82) is 0 Å². The summed E-state index contributed by atoms with van der Waals surface area (Å²) in [5.74, 6) is -6.37. The molecule has 0 N–H and O–H groups in total. The van der Waals surface area contributed by atoms with Crippen LogP contribution in [0.4, 0.5) is 17.6 Å². The second-order valence-electron chi connectivity index (χ2n) is 10.5. The van der Waals surface area contributed by atoms with E-state index >= 15 is 17.6 Å². The highest BCUT2D eigenvalue weighted by atomic mass is 19.3. The SMILES string of the molecule is COCOC12CCC(C3CCC(C4CCC(C)CC4)CC3)(CC1)C(F)(F)C2(F)F. The topological polar surface area (TPSA) is 18.5 Å². The third-order valence-electron chi connectivity index (χ3n) is 9.28. The van der Waals surface area contributed by atoms with Gasteiger partial charge in [-0.25, -0.2) is 0 Å². The second kappa shape index (κ2) is 7.65. The Hall–Kier alpha value is -0.360. The van der Waals surface area contributed by atoms with Gasteiger partial charge in [0.15, 0.2) is 0 Å². The van der Waals surface area contributed by atoms with Crippen molar-refractivity contribution in [2.24, 2.45) is 29.1 Å². The van der Waals surface area contributed by atoms with Crippen molar-refractivity contribution in [1.82, 2.24) is 0 Å². The lowest BCUT2D eigenvalue weighted by atomic mass is 9.48. The standard InChI is InChI=1S/C23H36F4O2/c1-16-3-5-17(6-4-16)18-7-9-19(10-8-18)20-11-13-21(14-12-20,29-15-28-2)23(26,27)22(20,24)25/h16-19H,3-15H2,1-2H3. The van der Waals surface area contributed by atoms with Crippen LogP contribution in [0.1, 0.15) is 84.0 Å². The second-order valence-corrected chi connectivity index (χ2v) is 10.5. The van der Waals surface area contributed by atoms with Crippen LogP contribution < -0.4 is 0 Å². The summed E-state index contributed by atoms with van der Waals surface area (Å²) in [6, 6.07) is 0. The predicted molar refractivity (Wildman–Crippen MR) is 103 cm³/mol. The van der Waals surface area contributed by atoms with Crippen LogP contribution in [0.25, 0.3) is 0 Å². The zero-order valence-corrected chi connectivity index (χ0v) is 17.8. The summed E-state index contributed by atoms with van der Waals surface area (Å²) in [5, 5.41) is 0. The largest absolute Gasteiger partial charge is 0.359 e. The molecule has 0 saturated heterocycles. The van der Waals surface area contributed by atoms with Crippen LogP contribution in [-0.2, 0) is 9.47 Å². The van der Waals surface area contributed by atoms with Gasteiger partial charge >= 0.3 is 11.8 Å². The Bertz CT molecular complexity index is 569. The predicted octanol–water partition coefficient (Wildman–Crippen LogP) is 6.82. The van der Waals surface area contributed by atoms with Gasteiger partial charge in [0.1, 0.15) is 12.4 Å². The maximum atomic E-state index is 15.4. The van der Waals surface area contributed by atoms with Crippen LogP contribution in [0.5, 0.6) is 0 Å². The molecule has 29 heavy (non-hydrogen) atoms. The van der Waals surface area contributed by atoms with Gasteiger partial charge in [-0.1, -0.05) is 19.8 Å². The summed E-state index contributed by atoms with van der Waals surface area (Å²) in [4.78, 5) is 0. The molecule has 0 amide bonds. The summed E-state index contributed by atoms with van der Waals surface area (Å²) in [5.41, 5.74) is -3.65. The zero-order chi connectivity index (χ0) is 20.9. The number of hydrogen-bond acceptors (Lipinski definition) is 2. The summed E-state index contributed by atoms with van der Waals surface area (Å²) in [7, 11) is 1.33. The first kappa shape index (κ1) is 21.9. The van der Waals surface area contributed by atoms with Crippen molar-refractivity contribution in [2.45, 2.75) is 101 Å². The molecular weight excluding hydrogens is 384 g/mol. The van der Waals surface area contributed by atoms with Crippen molar-refractivity contribution < 1.29 is 27.0 Å². The first-order chi connectivity index (χ1) is 13.7. The van der Waals surface area contributed by atoms with Gasteiger partial charge in [0.05, 0.1) is 0 Å². The van der Waals surface area contributed by atoms with Gasteiger partial charge in [0.2, 0.25) is 0 Å². The molecule has 2 nitrogen and oxygen atoms in total. The Morgan fingerprint density at radius 3 is 1.76 bits per heavy atom. The van der Waals surface area contributed by atoms with Gasteiger partial charge in [0, 0.05) is 12.5 Å². The molecule has 2 bridgehead atoms. The molecule has 168 valence electrons. The Kier molecular flexibility index (Phi) is 5.76. The van der Waals surface area contributed by atoms with Crippen LogP contribution in [0.15, 0.2) is 0 Å². The molecular formula is C23H36F4O2. The molecule has 0 aromatic carbocycles. The van der Waals surface area contributed by atoms with E-state index in [1.54, 1.807) is 0 Å². The van der Waals surface area contributed by atoms with Gasteiger partial charge in [-0.05, 0) is 87.9 Å². The average Bonchev–Trinajstić information content (AvgIpc) is 2.72. The van der Waals surface area contributed by atoms with Gasteiger partial charge in [-0.3, -0.25) is 0 Å². The lowest BCUT2D eigenvalue weighted by Crippen LogP contribution is -2.75. The molecule has 0 unspecified atom stereocenters. The fourth-order valence-electron chi connectivity index (χ4n) is 7.30. The molecule has 0 aliphatic heterocycles. The van der Waals surface area contributed by atoms with Crippen LogP contribution in [0.2, 0.25) is 0 Å². The Balaban J connectivity index is 1.47. The number of ether oxygens (including phenoxy) is 2. The minimum Gasteiger partial charge on any atom is -0.359 e. The van der Waals surface area contributed by atoms with E-state index < -0.39 is 22.9 Å². The van der Waals surface area contributed by atoms with E-state index in [0.717, 1.165) is 18.8 Å². The molecule has 0 spiro atoms. The van der Waals surface area contributed by atoms with Gasteiger partial charge in [0.25, 0.3) is 0 Å². The summed E-state index contributed by atoms with van der Waals surface area (Å²) < 4.78 is 71.1. The normalized spacial score (nSPS) is 46.6. The molecule has 0 heterocycles. The lowest BCUT2D eigenvalue weighted by Gasteiger charge is -2.63. The third kappa shape index (κ3) is 3.18. The number of fused-ring (bicyclic) bond motifs is 3. The first-order valence-electron chi connectivity index (χ1n) is 11.6. The molecule has 0 radical (unpaired) electrons. The van der Waals surface area contributed by atoms with E-state index in [4.69, 9.17) is 9.47 Å². The van der Waals surface area contributed by atoms with Crippen molar-refractivity contribution in [2.75, 3.05) is 13.9 Å². The highest BCUT2D eigenvalue weighted by Gasteiger charge is 2.83. The molecule has 5 aliphatic rings. The Labute approximate surface area is 172 Å². The fourth-order valence-corrected chi connectivity index (χ4v) is 7.30. The number of rotatable bonds is 5. The summed E-state index contributed by atoms with van der Waals surface area (Å²) in [6.07, 6.45) is 8.50. The van der Waals surface area contributed by atoms with Crippen molar-refractivity contribution in [3.8, 4) is 0 Å². The van der Waals surface area contributed by atoms with E-state index in [0.29, 0.717) is 24.7 Å². The van der Waals surface area contributed by atoms with Crippen LogP contribution in [-0.4, -0.2) is 31.3 Å². The molecule has 0 aromatic rings. The molecule has 0 aromatic heterocycles. The number of methoxy groups -OCH3 is 1. The average molecular weight is 421 g/mol. The molecule has 0 atom stereocenters. The van der Waals surface area contributed by atoms with E-state index in [2.05, 4.69) is 6.92 Å². The highest BCUT2D eigenvalue weighted by Crippen LogP contribution is 2.71. The van der Waals surface area contributed by atoms with Gasteiger partial charge in [-0.2, -0.15) is 17.6 Å². The number of alkyl halides is 4. The Morgan fingerprint density at radius 2 is 1.24 bits per heavy atom. The number of hydrogen-bond donors (Lipinski definition) is 0. The van der Waals surface area contributed by atoms with E-state index in [9.17, 15) is 0 Å². The van der Waals surface area contributed by atoms with Gasteiger partial charge < -0.3 is 9.47 Å². The van der Waals surface area contributed by atoms with Crippen LogP contribution in [0.3, 0.4) is 0 Å². The minimum atomic E-state index is -4.15. The maximum absolute atomic E-state index is 15.4. The molecule has 6 heteroatoms. The summed E-state index contributed by atoms with van der Waals surface area (Å²) in [6.45, 7) is 1.93. The minimum absolute atomic E-state index is 0.000603. The van der Waals surface area contributed by atoms with Crippen molar-refractivity contribution >= 4 is 0 Å². The van der Waals surface area contributed by atoms with E-state index in [1.165, 1.54) is 32.8 Å². The molecule has 5 saturated carbocycles. The smallest absolute Gasteiger partial charge is 0.339 e. The highest BCUT2D eigenvalue weighted by molar-refractivity contribution is 5.21. The summed E-state index contributed by atoms with van der Waals surface area (Å²) >= 11 is 0. The third-order valence-corrected chi connectivity index (χ3v) is 9.28. The van der Waals surface area contributed by atoms with Gasteiger partial charge in [-0.15, -0.1) is 0 Å². The first-order valence-corrected chi connectivity index (χ1v) is 11.6. The van der Waals surface area contributed by atoms with E-state index in [1.807, 2.05) is 0 Å². The maximum Gasteiger partial charge on any atom is 0.339 e. The molecule has 5 rings (SSSR count). The fraction of sp³-hybridized carbons (Fsp3) is 1.00. The van der Waals surface area contributed by atoms with Crippen molar-refractivity contribution in [3.05, 3.63) is 0 Å². The monoisotopic (exact) mass is 420 g/mol. The Morgan fingerprint density at radius 1 is 0.724 bits per heavy atom. The molecule has 5 aliphatic carbocycles. The van der Waals surface area contributed by atoms with E-state index in [-0.39, 0.29) is 38.4 Å². The van der Waals surface area contributed by atoms with Crippen LogP contribution in [0, 0.1) is 29.1 Å². The quantitative estimate of drug-likeness (QED) is 0.359. The number of halogens is 4. The zero-order valence-electron chi connectivity index (χ0n) is 17.8. The van der Waals surface area contributed by atoms with Crippen molar-refractivity contribution in [3.63, 3.8) is 0 Å².